The van der Waals surface area contributed by atoms with Crippen LogP contribution < -0.4 is 15.5 Å². The van der Waals surface area contributed by atoms with Crippen molar-refractivity contribution < 1.29 is 4.79 Å². The molecule has 1 aromatic carbocycles. The Morgan fingerprint density at radius 2 is 1.83 bits per heavy atom. The Morgan fingerprint density at radius 1 is 1.14 bits per heavy atom. The van der Waals surface area contributed by atoms with Crippen molar-refractivity contribution in [3.8, 4) is 0 Å². The zero-order valence-corrected chi connectivity index (χ0v) is 17.1. The van der Waals surface area contributed by atoms with Gasteiger partial charge in [0, 0.05) is 45.6 Å². The van der Waals surface area contributed by atoms with Crippen LogP contribution in [0.1, 0.15) is 18.4 Å². The van der Waals surface area contributed by atoms with Crippen LogP contribution in [0.25, 0.3) is 0 Å². The molecule has 0 unspecified atom stereocenters. The summed E-state index contributed by atoms with van der Waals surface area (Å²) in [6.45, 7) is 2.53. The first kappa shape index (κ1) is 20.6. The smallest absolute Gasteiger partial charge is 0.241 e. The summed E-state index contributed by atoms with van der Waals surface area (Å²) >= 11 is 0. The van der Waals surface area contributed by atoms with Crippen molar-refractivity contribution in [3.05, 3.63) is 54.4 Å². The molecular weight excluding hydrogens is 366 g/mol. The molecule has 0 saturated carbocycles. The molecule has 3 rings (SSSR count). The molecule has 8 nitrogen and oxygen atoms in total. The number of carbonyl (C=O) groups is 1. The van der Waals surface area contributed by atoms with Gasteiger partial charge in [-0.2, -0.15) is 0 Å². The highest BCUT2D eigenvalue weighted by Crippen LogP contribution is 2.15. The van der Waals surface area contributed by atoms with E-state index in [2.05, 4.69) is 30.5 Å². The number of anilines is 1. The summed E-state index contributed by atoms with van der Waals surface area (Å²) < 4.78 is 0. The van der Waals surface area contributed by atoms with E-state index in [1.54, 1.807) is 31.4 Å². The molecule has 2 N–H and O–H groups in total. The van der Waals surface area contributed by atoms with Gasteiger partial charge >= 0.3 is 0 Å². The summed E-state index contributed by atoms with van der Waals surface area (Å²) in [6.07, 6.45) is 5.44. The minimum atomic E-state index is 0.00950. The predicted octanol–water partition coefficient (Wildman–Crippen LogP) is 1.27. The number of aromatic nitrogens is 2. The zero-order valence-electron chi connectivity index (χ0n) is 17.1. The van der Waals surface area contributed by atoms with E-state index in [-0.39, 0.29) is 18.5 Å². The lowest BCUT2D eigenvalue weighted by atomic mass is 10.1. The minimum absolute atomic E-state index is 0.00950. The Bertz CT molecular complexity index is 787. The molecule has 0 bridgehead atoms. The molecular formula is C21H29N7O. The van der Waals surface area contributed by atoms with E-state index in [1.807, 2.05) is 36.4 Å². The van der Waals surface area contributed by atoms with Gasteiger partial charge in [-0.25, -0.2) is 15.0 Å². The number of piperidine rings is 1. The number of nitrogens with one attached hydrogen (secondary N) is 2. The molecule has 1 fully saturated rings. The third-order valence-electron chi connectivity index (χ3n) is 4.84. The number of likely N-dealkylation sites (N-methyl/N-ethyl adjacent to an activating group) is 1. The van der Waals surface area contributed by atoms with Crippen molar-refractivity contribution in [2.75, 3.05) is 38.6 Å². The van der Waals surface area contributed by atoms with Gasteiger partial charge in [0.1, 0.15) is 0 Å². The van der Waals surface area contributed by atoms with Gasteiger partial charge in [0.25, 0.3) is 0 Å². The number of hydrogen-bond acceptors (Lipinski definition) is 5. The van der Waals surface area contributed by atoms with Crippen LogP contribution >= 0.6 is 0 Å². The molecule has 2 aromatic rings. The lowest BCUT2D eigenvalue weighted by Crippen LogP contribution is -2.50. The van der Waals surface area contributed by atoms with Gasteiger partial charge in [-0.1, -0.05) is 30.3 Å². The topological polar surface area (TPSA) is 85.8 Å². The molecule has 0 aliphatic carbocycles. The van der Waals surface area contributed by atoms with Crippen molar-refractivity contribution >= 4 is 17.8 Å². The average Bonchev–Trinajstić information content (AvgIpc) is 2.77. The second-order valence-corrected chi connectivity index (χ2v) is 7.25. The highest BCUT2D eigenvalue weighted by molar-refractivity contribution is 5.86. The molecule has 1 saturated heterocycles. The van der Waals surface area contributed by atoms with Gasteiger partial charge < -0.3 is 20.4 Å². The molecule has 8 heteroatoms. The van der Waals surface area contributed by atoms with Crippen LogP contribution in [0.4, 0.5) is 5.95 Å². The largest absolute Gasteiger partial charge is 0.354 e. The number of hydrogen-bond donors (Lipinski definition) is 2. The maximum Gasteiger partial charge on any atom is 0.241 e. The van der Waals surface area contributed by atoms with Crippen molar-refractivity contribution in [2.24, 2.45) is 4.99 Å². The lowest BCUT2D eigenvalue weighted by Gasteiger charge is -2.33. The second-order valence-electron chi connectivity index (χ2n) is 7.25. The van der Waals surface area contributed by atoms with Crippen LogP contribution in [-0.2, 0) is 11.3 Å². The summed E-state index contributed by atoms with van der Waals surface area (Å²) in [7, 11) is 3.50. The number of amides is 1. The fourth-order valence-electron chi connectivity index (χ4n) is 3.10. The summed E-state index contributed by atoms with van der Waals surface area (Å²) in [5.41, 5.74) is 1.13. The lowest BCUT2D eigenvalue weighted by molar-refractivity contribution is -0.127. The highest BCUT2D eigenvalue weighted by Gasteiger charge is 2.21. The van der Waals surface area contributed by atoms with Gasteiger partial charge in [-0.15, -0.1) is 0 Å². The van der Waals surface area contributed by atoms with Crippen molar-refractivity contribution in [3.63, 3.8) is 0 Å². The molecule has 2 heterocycles. The molecule has 0 atom stereocenters. The van der Waals surface area contributed by atoms with E-state index in [1.165, 1.54) is 0 Å². The Hall–Kier alpha value is -3.16. The Kier molecular flexibility index (Phi) is 7.38. The molecule has 29 heavy (non-hydrogen) atoms. The van der Waals surface area contributed by atoms with Gasteiger partial charge in [0.15, 0.2) is 5.96 Å². The van der Waals surface area contributed by atoms with Gasteiger partial charge in [0.2, 0.25) is 11.9 Å². The third kappa shape index (κ3) is 6.44. The van der Waals surface area contributed by atoms with Crippen molar-refractivity contribution in [1.82, 2.24) is 25.5 Å². The summed E-state index contributed by atoms with van der Waals surface area (Å²) in [6, 6.07) is 12.2. The first-order chi connectivity index (χ1) is 14.1. The minimum Gasteiger partial charge on any atom is -0.354 e. The van der Waals surface area contributed by atoms with Crippen LogP contribution in [0.3, 0.4) is 0 Å². The second kappa shape index (κ2) is 10.4. The van der Waals surface area contributed by atoms with Gasteiger partial charge in [-0.05, 0) is 24.5 Å². The quantitative estimate of drug-likeness (QED) is 0.566. The summed E-state index contributed by atoms with van der Waals surface area (Å²) in [5, 5.41) is 6.66. The van der Waals surface area contributed by atoms with E-state index < -0.39 is 0 Å². The average molecular weight is 396 g/mol. The monoisotopic (exact) mass is 395 g/mol. The summed E-state index contributed by atoms with van der Waals surface area (Å²) in [4.78, 5) is 29.1. The fourth-order valence-corrected chi connectivity index (χ4v) is 3.10. The van der Waals surface area contributed by atoms with Crippen LogP contribution in [0, 0.1) is 0 Å². The molecule has 154 valence electrons. The molecule has 1 aromatic heterocycles. The van der Waals surface area contributed by atoms with Crippen molar-refractivity contribution in [1.29, 1.82) is 0 Å². The first-order valence-electron chi connectivity index (χ1n) is 9.92. The highest BCUT2D eigenvalue weighted by atomic mass is 16.2. The fraction of sp³-hybridized carbons (Fsp3) is 0.429. The van der Waals surface area contributed by atoms with E-state index in [0.29, 0.717) is 12.5 Å². The number of benzene rings is 1. The van der Waals surface area contributed by atoms with E-state index in [0.717, 1.165) is 37.4 Å². The standard InChI is InChI=1S/C21H29N7O/c1-27(2)19(29)16-25-20(24-15-17-7-4-3-5-8-17)26-18-9-13-28(14-10-18)21-22-11-6-12-23-21/h3-8,11-12,18H,9-10,13-16H2,1-2H3,(H2,24,25,26). The maximum atomic E-state index is 12.0. The molecule has 0 spiro atoms. The predicted molar refractivity (Wildman–Crippen MR) is 115 cm³/mol. The Labute approximate surface area is 172 Å². The molecule has 1 aliphatic heterocycles. The number of guanidine groups is 1. The van der Waals surface area contributed by atoms with Crippen LogP contribution in [0.5, 0.6) is 0 Å². The summed E-state index contributed by atoms with van der Waals surface area (Å²) in [5.74, 6) is 1.45. The van der Waals surface area contributed by atoms with Crippen molar-refractivity contribution in [2.45, 2.75) is 25.4 Å². The third-order valence-corrected chi connectivity index (χ3v) is 4.84. The van der Waals surface area contributed by atoms with Crippen LogP contribution in [-0.4, -0.2) is 66.5 Å². The van der Waals surface area contributed by atoms with Crippen LogP contribution in [0.2, 0.25) is 0 Å². The Morgan fingerprint density at radius 3 is 2.48 bits per heavy atom. The zero-order chi connectivity index (χ0) is 20.5. The van der Waals surface area contributed by atoms with Gasteiger partial charge in [-0.3, -0.25) is 4.79 Å². The molecule has 0 radical (unpaired) electrons. The number of nitrogens with zero attached hydrogens (tertiary/aromatic N) is 5. The number of rotatable bonds is 6. The first-order valence-corrected chi connectivity index (χ1v) is 9.92. The molecule has 1 amide bonds. The van der Waals surface area contributed by atoms with E-state index in [4.69, 9.17) is 0 Å². The molecule has 1 aliphatic rings. The normalized spacial score (nSPS) is 15.1. The number of carbonyl (C=O) groups excluding carboxylic acids is 1. The maximum absolute atomic E-state index is 12.0. The number of aliphatic imine (C=N–C) groups is 1. The van der Waals surface area contributed by atoms with Gasteiger partial charge in [0.05, 0.1) is 13.1 Å². The Balaban J connectivity index is 1.58. The van der Waals surface area contributed by atoms with E-state index in [9.17, 15) is 4.79 Å². The van der Waals surface area contributed by atoms with Crippen LogP contribution in [0.15, 0.2) is 53.8 Å². The SMILES string of the molecule is CN(C)C(=O)CNC(=NCc1ccccc1)NC1CCN(c2ncccn2)CC1. The van der Waals surface area contributed by atoms with E-state index >= 15 is 0 Å².